The Balaban J connectivity index is 0.00000151. The van der Waals surface area contributed by atoms with Gasteiger partial charge in [0, 0.05) is 68.2 Å². The smallest absolute Gasteiger partial charge is 0.252 e. The Morgan fingerprint density at radius 3 is 0.889 bits per heavy atom. The van der Waals surface area contributed by atoms with E-state index in [0.29, 0.717) is 0 Å². The summed E-state index contributed by atoms with van der Waals surface area (Å²) in [6, 6.07) is 89.4. The van der Waals surface area contributed by atoms with Gasteiger partial charge in [0.15, 0.2) is 0 Å². The van der Waals surface area contributed by atoms with Crippen LogP contribution >= 0.6 is 0 Å². The molecule has 81 heavy (non-hydrogen) atoms. The lowest BCUT2D eigenvalue weighted by Crippen LogP contribution is -2.61. The predicted octanol–water partition coefficient (Wildman–Crippen LogP) is 16.8. The summed E-state index contributed by atoms with van der Waals surface area (Å²) in [6.45, 7) is 19.1. The van der Waals surface area contributed by atoms with E-state index >= 15 is 0 Å². The van der Waals surface area contributed by atoms with E-state index in [2.05, 4.69) is 291 Å². The van der Waals surface area contributed by atoms with E-state index in [9.17, 15) is 0 Å². The highest BCUT2D eigenvalue weighted by atomic mass is 15.2. The van der Waals surface area contributed by atoms with Gasteiger partial charge in [-0.25, -0.2) is 0 Å². The molecule has 0 unspecified atom stereocenters. The summed E-state index contributed by atoms with van der Waals surface area (Å²) < 4.78 is 0. The molecular weight excluding hydrogens is 978 g/mol. The highest BCUT2D eigenvalue weighted by molar-refractivity contribution is 7.01. The first kappa shape index (κ1) is 51.2. The minimum absolute atomic E-state index is 0.0365. The lowest BCUT2D eigenvalue weighted by molar-refractivity contribution is 1.24. The van der Waals surface area contributed by atoms with Crippen molar-refractivity contribution in [1.29, 1.82) is 0 Å². The molecule has 0 saturated carbocycles. The molecule has 0 radical (unpaired) electrons. The maximum Gasteiger partial charge on any atom is 0.252 e. The Hall–Kier alpha value is -9.25. The summed E-state index contributed by atoms with van der Waals surface area (Å²) in [6.07, 6.45) is 0. The fourth-order valence-corrected chi connectivity index (χ4v) is 13.2. The molecule has 0 amide bonds. The van der Waals surface area contributed by atoms with Crippen molar-refractivity contribution in [1.82, 2.24) is 0 Å². The van der Waals surface area contributed by atoms with Crippen LogP contribution in [-0.2, 0) is 0 Å². The quantitative estimate of drug-likeness (QED) is 0.154. The van der Waals surface area contributed by atoms with E-state index in [4.69, 9.17) is 0 Å². The molecule has 4 heterocycles. The monoisotopic (exact) mass is 1040 g/mol. The summed E-state index contributed by atoms with van der Waals surface area (Å²) in [7, 11) is 0. The number of para-hydroxylation sites is 4. The van der Waals surface area contributed by atoms with E-state index in [-0.39, 0.29) is 13.4 Å². The standard InChI is InChI=1S/C71H54B2N4.2C2H6/c1-45-24-30-56(31-25-45)76-64-34-28-47(3)38-60(64)72-58-20-12-14-22-62(58)74(54-16-8-6-9-17-54)66-41-52(43-68(76)70(66)72)50-36-49(5)37-51(40-50)53-42-67-71-69(44-53)77(57-32-26-46(2)27-33-57)65-35-29-48(4)39-61(65)73(71)59-21-13-15-23-63(59)75(67)55-18-10-7-11-19-55;2*1-2/h6-44H,1-5H3;2*1-2H3. The van der Waals surface area contributed by atoms with E-state index in [0.717, 1.165) is 22.7 Å². The van der Waals surface area contributed by atoms with Crippen LogP contribution in [0.3, 0.4) is 0 Å². The van der Waals surface area contributed by atoms with Gasteiger partial charge < -0.3 is 19.6 Å². The predicted molar refractivity (Wildman–Crippen MR) is 352 cm³/mol. The van der Waals surface area contributed by atoms with Crippen LogP contribution in [0, 0.1) is 34.6 Å². The minimum atomic E-state index is 0.0365. The molecule has 0 spiro atoms. The molecule has 4 nitrogen and oxygen atoms in total. The normalized spacial score (nSPS) is 12.9. The van der Waals surface area contributed by atoms with Crippen molar-refractivity contribution in [2.24, 2.45) is 0 Å². The zero-order valence-electron chi connectivity index (χ0n) is 48.0. The van der Waals surface area contributed by atoms with Crippen molar-refractivity contribution in [3.05, 3.63) is 264 Å². The van der Waals surface area contributed by atoms with Gasteiger partial charge in [-0.05, 0) is 198 Å². The zero-order chi connectivity index (χ0) is 55.6. The molecule has 4 aliphatic rings. The Kier molecular flexibility index (Phi) is 13.1. The number of hydrogen-bond donors (Lipinski definition) is 0. The molecule has 0 atom stereocenters. The van der Waals surface area contributed by atoms with Crippen LogP contribution < -0.4 is 52.4 Å². The average molecular weight is 1050 g/mol. The van der Waals surface area contributed by atoms with Crippen molar-refractivity contribution < 1.29 is 0 Å². The molecule has 0 saturated heterocycles. The minimum Gasteiger partial charge on any atom is -0.311 e. The molecule has 0 N–H and O–H groups in total. The second-order valence-corrected chi connectivity index (χ2v) is 21.7. The summed E-state index contributed by atoms with van der Waals surface area (Å²) in [5.74, 6) is 0. The molecular formula is C75H66B2N4. The van der Waals surface area contributed by atoms with Crippen molar-refractivity contribution >= 4 is 114 Å². The molecule has 0 aromatic heterocycles. The summed E-state index contributed by atoms with van der Waals surface area (Å²) in [5.41, 5.74) is 33.0. The van der Waals surface area contributed by atoms with Crippen LogP contribution in [0.5, 0.6) is 0 Å². The van der Waals surface area contributed by atoms with Gasteiger partial charge in [0.1, 0.15) is 0 Å². The summed E-state index contributed by atoms with van der Waals surface area (Å²) in [5, 5.41) is 0. The average Bonchev–Trinajstić information content (AvgIpc) is 2.92. The molecule has 0 aliphatic carbocycles. The van der Waals surface area contributed by atoms with E-state index < -0.39 is 0 Å². The first-order chi connectivity index (χ1) is 39.7. The van der Waals surface area contributed by atoms with Gasteiger partial charge >= 0.3 is 0 Å². The first-order valence-electron chi connectivity index (χ1n) is 29.1. The summed E-state index contributed by atoms with van der Waals surface area (Å²) >= 11 is 0. The third-order valence-electron chi connectivity index (χ3n) is 16.6. The van der Waals surface area contributed by atoms with Crippen LogP contribution in [0.25, 0.3) is 22.3 Å². The number of aryl methyl sites for hydroxylation is 5. The number of fused-ring (bicyclic) bond motifs is 8. The number of nitrogens with zero attached hydrogens (tertiary/aromatic N) is 4. The molecule has 0 fully saturated rings. The first-order valence-corrected chi connectivity index (χ1v) is 29.1. The SMILES string of the molecule is CC.CC.Cc1ccc(N2c3ccc(C)cc3B3c4ccccc4N(c4ccccc4)c4cc(-c5cc(C)cc(-c6cc7c8c(c6)N(c6ccc(C)cc6)c6ccc(C)cc6B8c6ccccc6N7c6ccccc6)c5)cc2c43)cc1. The van der Waals surface area contributed by atoms with Crippen molar-refractivity contribution in [3.8, 4) is 22.3 Å². The highest BCUT2D eigenvalue weighted by Crippen LogP contribution is 2.49. The van der Waals surface area contributed by atoms with Gasteiger partial charge in [-0.1, -0.05) is 183 Å². The maximum absolute atomic E-state index is 2.53. The lowest BCUT2D eigenvalue weighted by atomic mass is 9.33. The van der Waals surface area contributed by atoms with Crippen LogP contribution in [0.15, 0.2) is 237 Å². The van der Waals surface area contributed by atoms with Gasteiger partial charge in [0.05, 0.1) is 0 Å². The van der Waals surface area contributed by atoms with Crippen molar-refractivity contribution in [3.63, 3.8) is 0 Å². The van der Waals surface area contributed by atoms with Crippen LogP contribution in [0.2, 0.25) is 0 Å². The molecule has 0 bridgehead atoms. The largest absolute Gasteiger partial charge is 0.311 e. The maximum atomic E-state index is 2.53. The number of hydrogen-bond acceptors (Lipinski definition) is 4. The molecule has 15 rings (SSSR count). The molecule has 392 valence electrons. The van der Waals surface area contributed by atoms with Gasteiger partial charge in [-0.15, -0.1) is 0 Å². The Labute approximate surface area is 480 Å². The second kappa shape index (κ2) is 20.8. The van der Waals surface area contributed by atoms with Gasteiger partial charge in [-0.3, -0.25) is 0 Å². The van der Waals surface area contributed by atoms with Crippen LogP contribution in [0.1, 0.15) is 55.5 Å². The van der Waals surface area contributed by atoms with Gasteiger partial charge in [0.25, 0.3) is 13.4 Å². The fourth-order valence-electron chi connectivity index (χ4n) is 13.2. The van der Waals surface area contributed by atoms with E-state index in [1.807, 2.05) is 27.7 Å². The van der Waals surface area contributed by atoms with Crippen molar-refractivity contribution in [2.75, 3.05) is 19.6 Å². The number of benzene rings is 11. The van der Waals surface area contributed by atoms with Crippen LogP contribution in [0.4, 0.5) is 68.2 Å². The van der Waals surface area contributed by atoms with Gasteiger partial charge in [-0.2, -0.15) is 0 Å². The fraction of sp³-hybridized carbons (Fsp3) is 0.120. The molecule has 6 heteroatoms. The van der Waals surface area contributed by atoms with E-state index in [1.54, 1.807) is 0 Å². The molecule has 11 aromatic rings. The summed E-state index contributed by atoms with van der Waals surface area (Å²) in [4.78, 5) is 10.1. The second-order valence-electron chi connectivity index (χ2n) is 21.7. The number of rotatable bonds is 6. The Morgan fingerprint density at radius 2 is 0.519 bits per heavy atom. The van der Waals surface area contributed by atoms with Crippen LogP contribution in [-0.4, -0.2) is 13.4 Å². The Morgan fingerprint density at radius 1 is 0.222 bits per heavy atom. The van der Waals surface area contributed by atoms with Gasteiger partial charge in [0.2, 0.25) is 0 Å². The highest BCUT2D eigenvalue weighted by Gasteiger charge is 2.45. The molecule has 11 aromatic carbocycles. The molecule has 4 aliphatic heterocycles. The topological polar surface area (TPSA) is 13.0 Å². The lowest BCUT2D eigenvalue weighted by Gasteiger charge is -2.44. The third kappa shape index (κ3) is 8.47. The zero-order valence-corrected chi connectivity index (χ0v) is 48.0. The van der Waals surface area contributed by atoms with Crippen molar-refractivity contribution in [2.45, 2.75) is 62.3 Å². The third-order valence-corrected chi connectivity index (χ3v) is 16.6. The Bertz CT molecular complexity index is 3920. The van der Waals surface area contributed by atoms with E-state index in [1.165, 1.54) is 128 Å². The number of anilines is 12.